The lowest BCUT2D eigenvalue weighted by Gasteiger charge is -2.40. The van der Waals surface area contributed by atoms with E-state index < -0.39 is 12.3 Å². The molecular weight excluding hydrogens is 455 g/mol. The maximum atomic E-state index is 13.1. The zero-order valence-electron chi connectivity index (χ0n) is 19.3. The topological polar surface area (TPSA) is 88.2 Å². The van der Waals surface area contributed by atoms with E-state index in [1.54, 1.807) is 23.6 Å². The summed E-state index contributed by atoms with van der Waals surface area (Å²) in [4.78, 5) is 41.2. The highest BCUT2D eigenvalue weighted by atomic mass is 19.4. The molecule has 0 bridgehead atoms. The molecular formula is C23H30F3N3O5. The largest absolute Gasteiger partial charge is 0.573 e. The van der Waals surface area contributed by atoms with Gasteiger partial charge in [-0.1, -0.05) is 26.0 Å². The molecule has 2 fully saturated rings. The van der Waals surface area contributed by atoms with Gasteiger partial charge in [-0.2, -0.15) is 0 Å². The number of amides is 3. The molecule has 3 rings (SSSR count). The monoisotopic (exact) mass is 485 g/mol. The Labute approximate surface area is 196 Å². The maximum Gasteiger partial charge on any atom is 0.573 e. The minimum atomic E-state index is -4.79. The molecule has 1 aromatic rings. The average Bonchev–Trinajstić information content (AvgIpc) is 2.81. The third kappa shape index (κ3) is 7.09. The second kappa shape index (κ2) is 11.1. The summed E-state index contributed by atoms with van der Waals surface area (Å²) in [5.41, 5.74) is 0.699. The highest BCUT2D eigenvalue weighted by molar-refractivity contribution is 5.88. The van der Waals surface area contributed by atoms with E-state index in [4.69, 9.17) is 4.74 Å². The van der Waals surface area contributed by atoms with Gasteiger partial charge < -0.3 is 24.6 Å². The van der Waals surface area contributed by atoms with Gasteiger partial charge in [-0.05, 0) is 24.1 Å². The number of Topliss-reactive ketones (excluding diaryl/α,β-unsaturated/α-hetero) is 1. The fraction of sp³-hybridized carbons (Fsp3) is 0.609. The van der Waals surface area contributed by atoms with Gasteiger partial charge in [0, 0.05) is 38.0 Å². The van der Waals surface area contributed by atoms with Crippen molar-refractivity contribution in [3.8, 4) is 5.75 Å². The van der Waals surface area contributed by atoms with Crippen LogP contribution in [-0.2, 0) is 14.3 Å². The molecule has 0 aromatic heterocycles. The van der Waals surface area contributed by atoms with Crippen molar-refractivity contribution in [3.05, 3.63) is 29.8 Å². The second-order valence-electron chi connectivity index (χ2n) is 8.87. The number of carbonyl (C=O) groups is 3. The first-order chi connectivity index (χ1) is 16.0. The molecule has 1 aromatic carbocycles. The van der Waals surface area contributed by atoms with Crippen molar-refractivity contribution < 1.29 is 37.0 Å². The molecule has 2 atom stereocenters. The summed E-state index contributed by atoms with van der Waals surface area (Å²) in [5.74, 6) is -1.80. The molecule has 0 spiro atoms. The van der Waals surface area contributed by atoms with Crippen molar-refractivity contribution in [1.29, 1.82) is 0 Å². The molecule has 8 nitrogen and oxygen atoms in total. The maximum absolute atomic E-state index is 13.1. The van der Waals surface area contributed by atoms with Gasteiger partial charge in [0.15, 0.2) is 5.78 Å². The summed E-state index contributed by atoms with van der Waals surface area (Å²) in [7, 11) is 0. The van der Waals surface area contributed by atoms with Crippen LogP contribution in [0.25, 0.3) is 0 Å². The van der Waals surface area contributed by atoms with Crippen LogP contribution in [0.5, 0.6) is 5.75 Å². The molecule has 3 amide bonds. The number of nitrogens with zero attached hydrogens (tertiary/aromatic N) is 2. The van der Waals surface area contributed by atoms with Crippen LogP contribution < -0.4 is 10.1 Å². The number of benzene rings is 1. The van der Waals surface area contributed by atoms with Crippen molar-refractivity contribution in [3.63, 3.8) is 0 Å². The predicted octanol–water partition coefficient (Wildman–Crippen LogP) is 2.78. The number of piperidine rings is 1. The molecule has 1 N–H and O–H groups in total. The van der Waals surface area contributed by atoms with Gasteiger partial charge in [0.25, 0.3) is 0 Å². The number of nitrogens with one attached hydrogen (secondary N) is 1. The summed E-state index contributed by atoms with van der Waals surface area (Å²) < 4.78 is 46.7. The Hall–Kier alpha value is -2.82. The van der Waals surface area contributed by atoms with E-state index in [1.807, 2.05) is 0 Å². The molecule has 2 aliphatic heterocycles. The Bertz CT molecular complexity index is 870. The summed E-state index contributed by atoms with van der Waals surface area (Å²) >= 11 is 0. The third-order valence-corrected chi connectivity index (χ3v) is 6.04. The van der Waals surface area contributed by atoms with Gasteiger partial charge in [-0.3, -0.25) is 9.59 Å². The summed E-state index contributed by atoms with van der Waals surface area (Å²) in [6, 6.07) is 5.28. The van der Waals surface area contributed by atoms with E-state index in [2.05, 4.69) is 10.1 Å². The van der Waals surface area contributed by atoms with Crippen molar-refractivity contribution in [2.45, 2.75) is 32.5 Å². The molecule has 0 radical (unpaired) electrons. The number of ketones is 1. The van der Waals surface area contributed by atoms with Crippen LogP contribution in [-0.4, -0.2) is 79.8 Å². The second-order valence-corrected chi connectivity index (χ2v) is 8.87. The standard InChI is InChI=1S/C23H30F3N3O5/c1-15(2)20(30)12-27-21(31)18-11-17(16-3-5-19(6-4-16)34-23(24,25)26)13-29(14-18)22(32)28-7-9-33-10-8-28/h3-6,15,17-18H,7-14H2,1-2H3,(H,27,31). The van der Waals surface area contributed by atoms with Gasteiger partial charge in [0.05, 0.1) is 25.7 Å². The van der Waals surface area contributed by atoms with Crippen LogP contribution in [0, 0.1) is 11.8 Å². The molecule has 34 heavy (non-hydrogen) atoms. The summed E-state index contributed by atoms with van der Waals surface area (Å²) in [6.07, 6.45) is -4.39. The van der Waals surface area contributed by atoms with Crippen molar-refractivity contribution in [1.82, 2.24) is 15.1 Å². The van der Waals surface area contributed by atoms with E-state index in [9.17, 15) is 27.6 Å². The lowest BCUT2D eigenvalue weighted by molar-refractivity contribution is -0.274. The van der Waals surface area contributed by atoms with E-state index in [1.165, 1.54) is 24.3 Å². The number of likely N-dealkylation sites (tertiary alicyclic amines) is 1. The highest BCUT2D eigenvalue weighted by Gasteiger charge is 2.37. The molecule has 2 saturated heterocycles. The van der Waals surface area contributed by atoms with Crippen LogP contribution in [0.4, 0.5) is 18.0 Å². The van der Waals surface area contributed by atoms with Gasteiger partial charge in [-0.25, -0.2) is 4.79 Å². The van der Waals surface area contributed by atoms with Gasteiger partial charge >= 0.3 is 12.4 Å². The Kier molecular flexibility index (Phi) is 8.40. The number of alkyl halides is 3. The summed E-state index contributed by atoms with van der Waals surface area (Å²) in [6.45, 7) is 5.70. The van der Waals surface area contributed by atoms with E-state index in [0.29, 0.717) is 44.8 Å². The Morgan fingerprint density at radius 1 is 1.09 bits per heavy atom. The van der Waals surface area contributed by atoms with Gasteiger partial charge in [-0.15, -0.1) is 13.2 Å². The first-order valence-electron chi connectivity index (χ1n) is 11.3. The van der Waals surface area contributed by atoms with E-state index in [-0.39, 0.29) is 48.4 Å². The molecule has 2 heterocycles. The fourth-order valence-corrected chi connectivity index (χ4v) is 4.11. The molecule has 11 heteroatoms. The quantitative estimate of drug-likeness (QED) is 0.670. The van der Waals surface area contributed by atoms with Crippen molar-refractivity contribution in [2.24, 2.45) is 11.8 Å². The van der Waals surface area contributed by atoms with Gasteiger partial charge in [0.2, 0.25) is 5.91 Å². The Balaban J connectivity index is 1.75. The van der Waals surface area contributed by atoms with Crippen molar-refractivity contribution in [2.75, 3.05) is 45.9 Å². The number of rotatable bonds is 6. The molecule has 0 saturated carbocycles. The highest BCUT2D eigenvalue weighted by Crippen LogP contribution is 2.33. The number of hydrogen-bond acceptors (Lipinski definition) is 5. The van der Waals surface area contributed by atoms with Crippen LogP contribution >= 0.6 is 0 Å². The van der Waals surface area contributed by atoms with Crippen LogP contribution in [0.1, 0.15) is 31.7 Å². The van der Waals surface area contributed by atoms with Crippen molar-refractivity contribution >= 4 is 17.7 Å². The summed E-state index contributed by atoms with van der Waals surface area (Å²) in [5, 5.41) is 2.67. The minimum Gasteiger partial charge on any atom is -0.406 e. The number of urea groups is 1. The Morgan fingerprint density at radius 3 is 2.32 bits per heavy atom. The lowest BCUT2D eigenvalue weighted by Crippen LogP contribution is -2.54. The van der Waals surface area contributed by atoms with Crippen LogP contribution in [0.2, 0.25) is 0 Å². The number of hydrogen-bond donors (Lipinski definition) is 1. The van der Waals surface area contributed by atoms with E-state index >= 15 is 0 Å². The smallest absolute Gasteiger partial charge is 0.406 e. The van der Waals surface area contributed by atoms with Gasteiger partial charge in [0.1, 0.15) is 5.75 Å². The SMILES string of the molecule is CC(C)C(=O)CNC(=O)C1CC(c2ccc(OC(F)(F)F)cc2)CN(C(=O)N2CCOCC2)C1. The minimum absolute atomic E-state index is 0.0848. The fourth-order valence-electron chi connectivity index (χ4n) is 4.11. The zero-order valence-corrected chi connectivity index (χ0v) is 19.3. The molecule has 2 unspecified atom stereocenters. The molecule has 0 aliphatic carbocycles. The van der Waals surface area contributed by atoms with E-state index in [0.717, 1.165) is 0 Å². The first kappa shape index (κ1) is 25.8. The lowest BCUT2D eigenvalue weighted by atomic mass is 9.84. The Morgan fingerprint density at radius 2 is 1.74 bits per heavy atom. The van der Waals surface area contributed by atoms with Crippen LogP contribution in [0.15, 0.2) is 24.3 Å². The third-order valence-electron chi connectivity index (χ3n) is 6.04. The predicted molar refractivity (Wildman–Crippen MR) is 116 cm³/mol. The normalized spacial score (nSPS) is 21.4. The average molecular weight is 486 g/mol. The molecule has 2 aliphatic rings. The number of halogens is 3. The number of morpholine rings is 1. The number of carbonyl (C=O) groups excluding carboxylic acids is 3. The number of ether oxygens (including phenoxy) is 2. The zero-order chi connectivity index (χ0) is 24.9. The first-order valence-corrected chi connectivity index (χ1v) is 11.3. The molecule has 188 valence electrons. The van der Waals surface area contributed by atoms with Crippen LogP contribution in [0.3, 0.4) is 0 Å².